The minimum atomic E-state index is 0.744. The lowest BCUT2D eigenvalue weighted by molar-refractivity contribution is 0.310. The Morgan fingerprint density at radius 2 is 2.29 bits per heavy atom. The van der Waals surface area contributed by atoms with Gasteiger partial charge in [0.05, 0.1) is 11.1 Å². The minimum Gasteiger partial charge on any atom is -0.492 e. The smallest absolute Gasteiger partial charge is 0.133 e. The van der Waals surface area contributed by atoms with Crippen molar-refractivity contribution in [2.75, 3.05) is 6.61 Å². The molecule has 0 aliphatic carbocycles. The van der Waals surface area contributed by atoms with Crippen molar-refractivity contribution in [2.24, 2.45) is 0 Å². The Morgan fingerprint density at radius 1 is 1.50 bits per heavy atom. The van der Waals surface area contributed by atoms with Gasteiger partial charge in [-0.05, 0) is 53.4 Å². The summed E-state index contributed by atoms with van der Waals surface area (Å²) in [5.41, 5.74) is 1.23. The highest BCUT2D eigenvalue weighted by molar-refractivity contribution is 9.10. The molecule has 0 bridgehead atoms. The quantitative estimate of drug-likeness (QED) is 0.568. The molecule has 0 heterocycles. The summed E-state index contributed by atoms with van der Waals surface area (Å²) in [6, 6.07) is 6.10. The molecule has 0 unspecified atom stereocenters. The third-order valence-corrected chi connectivity index (χ3v) is 2.52. The van der Waals surface area contributed by atoms with Crippen molar-refractivity contribution in [3.8, 4) is 5.75 Å². The fourth-order valence-electron chi connectivity index (χ4n) is 1.13. The third-order valence-electron chi connectivity index (χ3n) is 1.90. The Kier molecular flexibility index (Phi) is 4.74. The van der Waals surface area contributed by atoms with Crippen molar-refractivity contribution in [3.63, 3.8) is 0 Å². The monoisotopic (exact) mass is 254 g/mol. The molecule has 0 radical (unpaired) electrons. The van der Waals surface area contributed by atoms with Gasteiger partial charge in [0, 0.05) is 0 Å². The Balaban J connectivity index is 2.46. The van der Waals surface area contributed by atoms with Gasteiger partial charge in [0.1, 0.15) is 5.75 Å². The lowest BCUT2D eigenvalue weighted by Crippen LogP contribution is -1.97. The Morgan fingerprint density at radius 3 is 2.93 bits per heavy atom. The van der Waals surface area contributed by atoms with Crippen LogP contribution in [0.4, 0.5) is 0 Å². The molecular formula is C12H15BrO. The number of halogens is 1. The molecular weight excluding hydrogens is 240 g/mol. The van der Waals surface area contributed by atoms with Crippen molar-refractivity contribution in [3.05, 3.63) is 40.9 Å². The molecule has 0 aliphatic heterocycles. The number of allylic oxidation sites excluding steroid dienone is 1. The summed E-state index contributed by atoms with van der Waals surface area (Å²) in [4.78, 5) is 0. The van der Waals surface area contributed by atoms with Crippen molar-refractivity contribution in [1.82, 2.24) is 0 Å². The van der Waals surface area contributed by atoms with Crippen molar-refractivity contribution in [1.29, 1.82) is 0 Å². The van der Waals surface area contributed by atoms with Crippen LogP contribution in [0.2, 0.25) is 0 Å². The van der Waals surface area contributed by atoms with Gasteiger partial charge in [-0.15, -0.1) is 6.58 Å². The number of unbranched alkanes of at least 4 members (excludes halogenated alkanes) is 1. The molecule has 0 saturated carbocycles. The molecule has 0 atom stereocenters. The van der Waals surface area contributed by atoms with E-state index in [0.717, 1.165) is 29.7 Å². The molecule has 1 rings (SSSR count). The number of ether oxygens (including phenoxy) is 1. The Hall–Kier alpha value is -0.760. The maximum atomic E-state index is 5.60. The average Bonchev–Trinajstić information content (AvgIpc) is 2.15. The standard InChI is InChI=1S/C12H15BrO/c1-3-4-5-8-14-12-7-6-10(2)9-11(12)13/h3,6-7,9H,1,4-5,8H2,2H3. The van der Waals surface area contributed by atoms with Crippen LogP contribution in [0, 0.1) is 6.92 Å². The molecule has 0 fully saturated rings. The predicted octanol–water partition coefficient (Wildman–Crippen LogP) is 4.10. The SMILES string of the molecule is C=CCCCOc1ccc(C)cc1Br. The van der Waals surface area contributed by atoms with E-state index < -0.39 is 0 Å². The van der Waals surface area contributed by atoms with E-state index in [-0.39, 0.29) is 0 Å². The van der Waals surface area contributed by atoms with Crippen molar-refractivity contribution in [2.45, 2.75) is 19.8 Å². The van der Waals surface area contributed by atoms with Crippen LogP contribution in [0.25, 0.3) is 0 Å². The maximum absolute atomic E-state index is 5.60. The van der Waals surface area contributed by atoms with E-state index in [9.17, 15) is 0 Å². The number of hydrogen-bond acceptors (Lipinski definition) is 1. The van der Waals surface area contributed by atoms with Crippen LogP contribution in [0.15, 0.2) is 35.3 Å². The first-order valence-corrected chi connectivity index (χ1v) is 5.53. The molecule has 0 aromatic heterocycles. The highest BCUT2D eigenvalue weighted by Crippen LogP contribution is 2.25. The van der Waals surface area contributed by atoms with E-state index in [0.29, 0.717) is 0 Å². The van der Waals surface area contributed by atoms with E-state index in [4.69, 9.17) is 4.74 Å². The second-order valence-electron chi connectivity index (χ2n) is 3.21. The largest absolute Gasteiger partial charge is 0.492 e. The molecule has 14 heavy (non-hydrogen) atoms. The molecule has 0 N–H and O–H groups in total. The van der Waals surface area contributed by atoms with Gasteiger partial charge >= 0.3 is 0 Å². The summed E-state index contributed by atoms with van der Waals surface area (Å²) in [6.07, 6.45) is 3.93. The summed E-state index contributed by atoms with van der Waals surface area (Å²) in [5, 5.41) is 0. The zero-order chi connectivity index (χ0) is 10.4. The first kappa shape index (κ1) is 11.3. The van der Waals surface area contributed by atoms with E-state index >= 15 is 0 Å². The van der Waals surface area contributed by atoms with E-state index in [1.165, 1.54) is 5.56 Å². The van der Waals surface area contributed by atoms with Gasteiger partial charge in [-0.1, -0.05) is 12.1 Å². The first-order valence-electron chi connectivity index (χ1n) is 4.74. The van der Waals surface area contributed by atoms with Crippen LogP contribution < -0.4 is 4.74 Å². The summed E-state index contributed by atoms with van der Waals surface area (Å²) < 4.78 is 6.62. The number of aryl methyl sites for hydroxylation is 1. The molecule has 76 valence electrons. The van der Waals surface area contributed by atoms with Crippen LogP contribution in [-0.2, 0) is 0 Å². The summed E-state index contributed by atoms with van der Waals surface area (Å²) in [7, 11) is 0. The van der Waals surface area contributed by atoms with Crippen LogP contribution in [0.5, 0.6) is 5.75 Å². The van der Waals surface area contributed by atoms with Gasteiger partial charge in [-0.2, -0.15) is 0 Å². The second kappa shape index (κ2) is 5.86. The number of hydrogen-bond donors (Lipinski definition) is 0. The van der Waals surface area contributed by atoms with E-state index in [2.05, 4.69) is 35.5 Å². The average molecular weight is 255 g/mol. The van der Waals surface area contributed by atoms with Crippen molar-refractivity contribution >= 4 is 15.9 Å². The molecule has 1 aromatic rings. The van der Waals surface area contributed by atoms with Gasteiger partial charge in [-0.25, -0.2) is 0 Å². The van der Waals surface area contributed by atoms with Gasteiger partial charge in [-0.3, -0.25) is 0 Å². The Labute approximate surface area is 93.9 Å². The van der Waals surface area contributed by atoms with Crippen LogP contribution in [0.1, 0.15) is 18.4 Å². The molecule has 0 aliphatic rings. The normalized spacial score (nSPS) is 9.86. The minimum absolute atomic E-state index is 0.744. The van der Waals surface area contributed by atoms with Crippen LogP contribution in [0.3, 0.4) is 0 Å². The lowest BCUT2D eigenvalue weighted by Gasteiger charge is -2.07. The summed E-state index contributed by atoms with van der Waals surface area (Å²) >= 11 is 3.47. The summed E-state index contributed by atoms with van der Waals surface area (Å²) in [5.74, 6) is 0.916. The molecule has 1 aromatic carbocycles. The molecule has 0 saturated heterocycles. The molecule has 1 nitrogen and oxygen atoms in total. The highest BCUT2D eigenvalue weighted by Gasteiger charge is 1.99. The van der Waals surface area contributed by atoms with E-state index in [1.807, 2.05) is 18.2 Å². The molecule has 2 heteroatoms. The molecule has 0 amide bonds. The van der Waals surface area contributed by atoms with E-state index in [1.54, 1.807) is 0 Å². The fraction of sp³-hybridized carbons (Fsp3) is 0.333. The lowest BCUT2D eigenvalue weighted by atomic mass is 10.2. The first-order chi connectivity index (χ1) is 6.74. The van der Waals surface area contributed by atoms with Crippen molar-refractivity contribution < 1.29 is 4.74 Å². The second-order valence-corrected chi connectivity index (χ2v) is 4.07. The van der Waals surface area contributed by atoms with Gasteiger partial charge in [0.25, 0.3) is 0 Å². The number of rotatable bonds is 5. The van der Waals surface area contributed by atoms with Gasteiger partial charge in [0.15, 0.2) is 0 Å². The topological polar surface area (TPSA) is 9.23 Å². The van der Waals surface area contributed by atoms with Crippen LogP contribution >= 0.6 is 15.9 Å². The fourth-order valence-corrected chi connectivity index (χ4v) is 1.74. The van der Waals surface area contributed by atoms with Gasteiger partial charge < -0.3 is 4.74 Å². The van der Waals surface area contributed by atoms with Crippen LogP contribution in [-0.4, -0.2) is 6.61 Å². The molecule has 0 spiro atoms. The third kappa shape index (κ3) is 3.54. The highest BCUT2D eigenvalue weighted by atomic mass is 79.9. The van der Waals surface area contributed by atoms with Gasteiger partial charge in [0.2, 0.25) is 0 Å². The summed E-state index contributed by atoms with van der Waals surface area (Å²) in [6.45, 7) is 6.48. The maximum Gasteiger partial charge on any atom is 0.133 e. The Bertz CT molecular complexity index is 307. The number of benzene rings is 1. The zero-order valence-electron chi connectivity index (χ0n) is 8.42. The predicted molar refractivity (Wildman–Crippen MR) is 63.8 cm³/mol. The zero-order valence-corrected chi connectivity index (χ0v) is 10.0.